The summed E-state index contributed by atoms with van der Waals surface area (Å²) in [4.78, 5) is 12.4. The summed E-state index contributed by atoms with van der Waals surface area (Å²) >= 11 is 0. The van der Waals surface area contributed by atoms with E-state index in [2.05, 4.69) is 13.8 Å². The number of rotatable bonds is 26. The van der Waals surface area contributed by atoms with Gasteiger partial charge in [0.2, 0.25) is 0 Å². The van der Waals surface area contributed by atoms with Crippen molar-refractivity contribution in [1.29, 1.82) is 0 Å². The molecule has 0 N–H and O–H groups in total. The monoisotopic (exact) mass is 488 g/mol. The van der Waals surface area contributed by atoms with Gasteiger partial charge in [-0.3, -0.25) is 4.79 Å². The Balaban J connectivity index is 2.05. The van der Waals surface area contributed by atoms with Crippen LogP contribution >= 0.6 is 0 Å². The van der Waals surface area contributed by atoms with E-state index in [4.69, 9.17) is 4.42 Å². The summed E-state index contributed by atoms with van der Waals surface area (Å²) < 4.78 is 5.80. The molecular weight excluding hydrogens is 428 g/mol. The average Bonchev–Trinajstić information content (AvgIpc) is 2.86. The van der Waals surface area contributed by atoms with Gasteiger partial charge < -0.3 is 4.42 Å². The molecule has 1 heterocycles. The molecule has 35 heavy (non-hydrogen) atoms. The highest BCUT2D eigenvalue weighted by atomic mass is 16.3. The van der Waals surface area contributed by atoms with E-state index in [0.29, 0.717) is 0 Å². The lowest BCUT2D eigenvalue weighted by Crippen LogP contribution is -2.11. The molecule has 0 saturated carbocycles. The van der Waals surface area contributed by atoms with Crippen molar-refractivity contribution in [2.75, 3.05) is 0 Å². The smallest absolute Gasteiger partial charge is 0.188 e. The van der Waals surface area contributed by atoms with Crippen LogP contribution in [0.3, 0.4) is 0 Å². The van der Waals surface area contributed by atoms with Crippen LogP contribution in [0.15, 0.2) is 21.5 Å². The third-order valence-corrected chi connectivity index (χ3v) is 7.60. The minimum atomic E-state index is 0.188. The predicted octanol–water partition coefficient (Wildman–Crippen LogP) is 11.1. The van der Waals surface area contributed by atoms with Crippen molar-refractivity contribution in [3.8, 4) is 0 Å². The highest BCUT2D eigenvalue weighted by Gasteiger charge is 2.09. The van der Waals surface area contributed by atoms with Gasteiger partial charge in [0.05, 0.1) is 6.26 Å². The molecule has 0 aliphatic heterocycles. The maximum Gasteiger partial charge on any atom is 0.188 e. The van der Waals surface area contributed by atoms with Crippen LogP contribution in [0, 0.1) is 0 Å². The van der Waals surface area contributed by atoms with E-state index in [1.54, 1.807) is 12.3 Å². The van der Waals surface area contributed by atoms with Gasteiger partial charge in [0.15, 0.2) is 5.43 Å². The van der Waals surface area contributed by atoms with Gasteiger partial charge in [-0.05, 0) is 19.3 Å². The quantitative estimate of drug-likeness (QED) is 0.121. The molecule has 1 rings (SSSR count). The van der Waals surface area contributed by atoms with E-state index < -0.39 is 0 Å². The third kappa shape index (κ3) is 18.8. The van der Waals surface area contributed by atoms with Crippen molar-refractivity contribution in [2.24, 2.45) is 0 Å². The van der Waals surface area contributed by atoms with Crippen LogP contribution in [0.5, 0.6) is 0 Å². The van der Waals surface area contributed by atoms with Gasteiger partial charge in [0.25, 0.3) is 0 Å². The fraction of sp³-hybridized carbons (Fsp3) is 0.848. The normalized spacial score (nSPS) is 11.4. The molecule has 0 unspecified atom stereocenters. The molecule has 0 aromatic carbocycles. The molecule has 0 saturated heterocycles. The minimum Gasteiger partial charge on any atom is -0.469 e. The second-order valence-corrected chi connectivity index (χ2v) is 11.0. The standard InChI is InChI=1S/C33H60O2/c1-3-5-7-9-11-13-15-17-19-21-23-25-27-31-32(34)29-30-35-33(31)28-26-24-22-20-18-16-14-12-10-8-6-4-2/h29-30H,3-28H2,1-2H3. The molecule has 1 aromatic rings. The Bertz CT molecular complexity index is 618. The first-order valence-electron chi connectivity index (χ1n) is 15.9. The van der Waals surface area contributed by atoms with Gasteiger partial charge in [-0.15, -0.1) is 0 Å². The first kappa shape index (κ1) is 32.0. The lowest BCUT2D eigenvalue weighted by Gasteiger charge is -2.08. The Kier molecular flexibility index (Phi) is 22.5. The van der Waals surface area contributed by atoms with Crippen molar-refractivity contribution in [2.45, 2.75) is 181 Å². The summed E-state index contributed by atoms with van der Waals surface area (Å²) in [6, 6.07) is 1.61. The Labute approximate surface area is 219 Å². The summed E-state index contributed by atoms with van der Waals surface area (Å²) in [6.45, 7) is 4.57. The lowest BCUT2D eigenvalue weighted by molar-refractivity contribution is 0.462. The van der Waals surface area contributed by atoms with Crippen LogP contribution in [0.25, 0.3) is 0 Å². The van der Waals surface area contributed by atoms with Crippen molar-refractivity contribution < 1.29 is 4.42 Å². The van der Waals surface area contributed by atoms with Gasteiger partial charge in [-0.2, -0.15) is 0 Å². The van der Waals surface area contributed by atoms with Crippen LogP contribution in [0.1, 0.15) is 179 Å². The second-order valence-electron chi connectivity index (χ2n) is 11.0. The summed E-state index contributed by atoms with van der Waals surface area (Å²) in [5.41, 5.74) is 1.15. The van der Waals surface area contributed by atoms with Crippen molar-refractivity contribution in [3.05, 3.63) is 33.9 Å². The molecule has 0 fully saturated rings. The molecule has 0 aliphatic rings. The van der Waals surface area contributed by atoms with Gasteiger partial charge in [0.1, 0.15) is 5.76 Å². The van der Waals surface area contributed by atoms with Gasteiger partial charge in [-0.25, -0.2) is 0 Å². The number of hydrogen-bond acceptors (Lipinski definition) is 2. The minimum absolute atomic E-state index is 0.188. The zero-order chi connectivity index (χ0) is 25.2. The SMILES string of the molecule is CCCCCCCCCCCCCCc1occc(=O)c1CCCCCCCCCCCCCC. The van der Waals surface area contributed by atoms with Crippen LogP contribution in [-0.2, 0) is 12.8 Å². The third-order valence-electron chi connectivity index (χ3n) is 7.60. The van der Waals surface area contributed by atoms with Crippen molar-refractivity contribution in [1.82, 2.24) is 0 Å². The van der Waals surface area contributed by atoms with E-state index in [0.717, 1.165) is 37.0 Å². The van der Waals surface area contributed by atoms with E-state index in [1.165, 1.54) is 141 Å². The highest BCUT2D eigenvalue weighted by Crippen LogP contribution is 2.17. The topological polar surface area (TPSA) is 30.2 Å². The molecule has 0 atom stereocenters. The molecule has 204 valence electrons. The molecule has 0 amide bonds. The Hall–Kier alpha value is -1.05. The maximum absolute atomic E-state index is 12.4. The maximum atomic E-state index is 12.4. The number of aryl methyl sites for hydroxylation is 1. The Morgan fingerprint density at radius 1 is 0.486 bits per heavy atom. The molecule has 2 heteroatoms. The van der Waals surface area contributed by atoms with Crippen molar-refractivity contribution >= 4 is 0 Å². The van der Waals surface area contributed by atoms with E-state index in [-0.39, 0.29) is 5.43 Å². The summed E-state index contributed by atoms with van der Waals surface area (Å²) in [7, 11) is 0. The van der Waals surface area contributed by atoms with Crippen LogP contribution in [0.4, 0.5) is 0 Å². The van der Waals surface area contributed by atoms with Crippen molar-refractivity contribution in [3.63, 3.8) is 0 Å². The Morgan fingerprint density at radius 3 is 1.23 bits per heavy atom. The van der Waals surface area contributed by atoms with Crippen LogP contribution < -0.4 is 5.43 Å². The zero-order valence-electron chi connectivity index (χ0n) is 23.9. The largest absolute Gasteiger partial charge is 0.469 e. The van der Waals surface area contributed by atoms with E-state index in [1.807, 2.05) is 0 Å². The first-order valence-corrected chi connectivity index (χ1v) is 15.9. The van der Waals surface area contributed by atoms with E-state index >= 15 is 0 Å². The molecule has 0 aliphatic carbocycles. The first-order chi connectivity index (χ1) is 17.3. The van der Waals surface area contributed by atoms with E-state index in [9.17, 15) is 4.79 Å². The Morgan fingerprint density at radius 2 is 0.829 bits per heavy atom. The zero-order valence-corrected chi connectivity index (χ0v) is 23.9. The molecule has 2 nitrogen and oxygen atoms in total. The highest BCUT2D eigenvalue weighted by molar-refractivity contribution is 5.17. The van der Waals surface area contributed by atoms with Gasteiger partial charge in [-0.1, -0.05) is 155 Å². The fourth-order valence-electron chi connectivity index (χ4n) is 5.23. The molecular formula is C33H60O2. The second kappa shape index (κ2) is 24.6. The van der Waals surface area contributed by atoms with Gasteiger partial charge >= 0.3 is 0 Å². The average molecular weight is 489 g/mol. The van der Waals surface area contributed by atoms with Gasteiger partial charge in [0, 0.05) is 18.1 Å². The van der Waals surface area contributed by atoms with Crippen LogP contribution in [-0.4, -0.2) is 0 Å². The summed E-state index contributed by atoms with van der Waals surface area (Å²) in [6.07, 6.45) is 36.0. The number of hydrogen-bond donors (Lipinski definition) is 0. The fourth-order valence-corrected chi connectivity index (χ4v) is 5.23. The molecule has 0 spiro atoms. The lowest BCUT2D eigenvalue weighted by atomic mass is 10.0. The van der Waals surface area contributed by atoms with Crippen LogP contribution in [0.2, 0.25) is 0 Å². The molecule has 0 bridgehead atoms. The molecule has 0 radical (unpaired) electrons. The molecule has 1 aromatic heterocycles. The summed E-state index contributed by atoms with van der Waals surface area (Å²) in [5.74, 6) is 0.965. The summed E-state index contributed by atoms with van der Waals surface area (Å²) in [5, 5.41) is 0. The number of unbranched alkanes of at least 4 members (excludes halogenated alkanes) is 22. The predicted molar refractivity (Wildman–Crippen MR) is 155 cm³/mol.